The largest absolute Gasteiger partial charge is 0.493 e. The number of hydrogen-bond acceptors (Lipinski definition) is 7. The van der Waals surface area contributed by atoms with Crippen molar-refractivity contribution < 1.29 is 23.8 Å². The molecule has 4 aromatic rings. The third-order valence-electron chi connectivity index (χ3n) is 8.95. The second-order valence-corrected chi connectivity index (χ2v) is 14.6. The van der Waals surface area contributed by atoms with E-state index in [1.807, 2.05) is 64.1 Å². The number of aliphatic carboxylic acids is 1. The molecule has 9 heteroatoms. The molecule has 1 fully saturated rings. The number of benzene rings is 2. The number of carboxylic acid groups (broad SMARTS) is 1. The van der Waals surface area contributed by atoms with E-state index in [-0.39, 0.29) is 11.2 Å². The Hall–Kier alpha value is -4.34. The first-order chi connectivity index (χ1) is 23.3. The number of hydrogen-bond donors (Lipinski definition) is 2. The number of nitrogens with one attached hydrogen (secondary N) is 1. The summed E-state index contributed by atoms with van der Waals surface area (Å²) in [6, 6.07) is 18.3. The number of ether oxygens (including phenoxy) is 2. The van der Waals surface area contributed by atoms with Crippen LogP contribution in [0.2, 0.25) is 0 Å². The number of aryl methyl sites for hydroxylation is 1. The average Bonchev–Trinajstić information content (AvgIpc) is 3.05. The van der Waals surface area contributed by atoms with E-state index in [9.17, 15) is 14.3 Å². The highest BCUT2D eigenvalue weighted by molar-refractivity contribution is 5.88. The minimum Gasteiger partial charge on any atom is -0.493 e. The number of rotatable bonds is 13. The normalized spacial score (nSPS) is 15.2. The van der Waals surface area contributed by atoms with Crippen LogP contribution in [-0.2, 0) is 29.0 Å². The molecule has 8 nitrogen and oxygen atoms in total. The molecule has 5 rings (SSSR count). The minimum absolute atomic E-state index is 0.189. The number of piperidine rings is 1. The Balaban J connectivity index is 1.57. The second kappa shape index (κ2) is 15.5. The molecule has 0 saturated carbocycles. The molecule has 49 heavy (non-hydrogen) atoms. The van der Waals surface area contributed by atoms with Crippen LogP contribution in [0.5, 0.6) is 5.75 Å². The zero-order chi connectivity index (χ0) is 35.2. The number of carboxylic acids is 1. The Morgan fingerprint density at radius 3 is 2.24 bits per heavy atom. The summed E-state index contributed by atoms with van der Waals surface area (Å²) in [5, 5.41) is 14.2. The lowest BCUT2D eigenvalue weighted by Crippen LogP contribution is -2.39. The molecule has 1 aliphatic rings. The van der Waals surface area contributed by atoms with E-state index >= 15 is 0 Å². The van der Waals surface area contributed by atoms with Crippen LogP contribution >= 0.6 is 0 Å². The molecule has 0 bridgehead atoms. The Bertz CT molecular complexity index is 1690. The van der Waals surface area contributed by atoms with Gasteiger partial charge in [-0.1, -0.05) is 38.1 Å². The highest BCUT2D eigenvalue weighted by atomic mass is 19.1. The first kappa shape index (κ1) is 36.0. The summed E-state index contributed by atoms with van der Waals surface area (Å²) in [6.45, 7) is 15.2. The first-order valence-corrected chi connectivity index (χ1v) is 17.1. The van der Waals surface area contributed by atoms with Gasteiger partial charge < -0.3 is 24.8 Å². The fourth-order valence-corrected chi connectivity index (χ4v) is 6.24. The Labute approximate surface area is 289 Å². The highest BCUT2D eigenvalue weighted by Crippen LogP contribution is 2.45. The molecule has 2 N–H and O–H groups in total. The van der Waals surface area contributed by atoms with Gasteiger partial charge in [0.15, 0.2) is 6.10 Å². The van der Waals surface area contributed by atoms with Crippen molar-refractivity contribution in [2.24, 2.45) is 5.41 Å². The summed E-state index contributed by atoms with van der Waals surface area (Å²) in [4.78, 5) is 24.5. The van der Waals surface area contributed by atoms with Crippen molar-refractivity contribution in [3.8, 4) is 16.9 Å². The molecule has 0 spiro atoms. The van der Waals surface area contributed by atoms with Crippen LogP contribution in [0.1, 0.15) is 81.6 Å². The predicted octanol–water partition coefficient (Wildman–Crippen LogP) is 8.07. The van der Waals surface area contributed by atoms with Crippen LogP contribution in [-0.4, -0.2) is 46.3 Å². The number of pyridine rings is 2. The van der Waals surface area contributed by atoms with Crippen LogP contribution in [0.25, 0.3) is 11.1 Å². The molecular weight excluding hydrogens is 619 g/mol. The van der Waals surface area contributed by atoms with E-state index in [4.69, 9.17) is 14.5 Å². The van der Waals surface area contributed by atoms with E-state index in [0.29, 0.717) is 43.1 Å². The molecule has 1 aliphatic heterocycles. The molecule has 3 heterocycles. The van der Waals surface area contributed by atoms with Gasteiger partial charge in [-0.25, -0.2) is 9.18 Å². The van der Waals surface area contributed by atoms with Gasteiger partial charge in [-0.2, -0.15) is 0 Å². The van der Waals surface area contributed by atoms with Crippen LogP contribution < -0.4 is 15.0 Å². The van der Waals surface area contributed by atoms with Gasteiger partial charge in [0.05, 0.1) is 23.6 Å². The van der Waals surface area contributed by atoms with Crippen LogP contribution in [0.4, 0.5) is 10.1 Å². The monoisotopic (exact) mass is 668 g/mol. The number of aromatic nitrogens is 2. The Morgan fingerprint density at radius 2 is 1.63 bits per heavy atom. The number of halogens is 1. The molecule has 2 aromatic heterocycles. The second-order valence-electron chi connectivity index (χ2n) is 14.6. The molecular formula is C40H49FN4O4. The quantitative estimate of drug-likeness (QED) is 0.148. The summed E-state index contributed by atoms with van der Waals surface area (Å²) < 4.78 is 25.7. The van der Waals surface area contributed by atoms with Crippen molar-refractivity contribution in [3.05, 3.63) is 107 Å². The molecule has 0 aliphatic carbocycles. The van der Waals surface area contributed by atoms with Crippen molar-refractivity contribution >= 4 is 11.7 Å². The molecule has 0 amide bonds. The zero-order valence-corrected chi connectivity index (χ0v) is 29.6. The van der Waals surface area contributed by atoms with Gasteiger partial charge in [0.1, 0.15) is 11.6 Å². The van der Waals surface area contributed by atoms with E-state index in [1.54, 1.807) is 24.5 Å². The maximum atomic E-state index is 13.3. The third kappa shape index (κ3) is 9.64. The predicted molar refractivity (Wildman–Crippen MR) is 191 cm³/mol. The van der Waals surface area contributed by atoms with Gasteiger partial charge >= 0.3 is 5.97 Å². The van der Waals surface area contributed by atoms with Crippen LogP contribution in [0.15, 0.2) is 73.1 Å². The maximum Gasteiger partial charge on any atom is 0.337 e. The SMILES string of the molecule is Cc1nc(CNCc2ccncc2)c(-c2ccc(OCCc3ccc(F)cc3)cc2)c(N2CCC(C)(C)CC2)c1[C@H](OC(C)(C)C)C(=O)O. The van der Waals surface area contributed by atoms with Gasteiger partial charge in [-0.3, -0.25) is 9.97 Å². The lowest BCUT2D eigenvalue weighted by molar-refractivity contribution is -0.160. The summed E-state index contributed by atoms with van der Waals surface area (Å²) in [7, 11) is 0. The molecule has 260 valence electrons. The van der Waals surface area contributed by atoms with Crippen LogP contribution in [0, 0.1) is 18.2 Å². The Morgan fingerprint density at radius 1 is 0.980 bits per heavy atom. The first-order valence-electron chi connectivity index (χ1n) is 17.1. The molecule has 1 saturated heterocycles. The third-order valence-corrected chi connectivity index (χ3v) is 8.95. The summed E-state index contributed by atoms with van der Waals surface area (Å²) in [5.74, 6) is -0.588. The molecule has 0 radical (unpaired) electrons. The maximum absolute atomic E-state index is 13.3. The van der Waals surface area contributed by atoms with Gasteiger partial charge in [0, 0.05) is 61.8 Å². The standard InChI is InChI=1S/C40H49FN4O4/c1-27-34(37(38(46)47)49-39(2,3)4)36(45-22-18-40(5,6)19-23-45)35(33(44-27)26-43-25-29-15-20-42-21-16-29)30-9-13-32(14-10-30)48-24-17-28-7-11-31(41)12-8-28/h7-16,20-21,37,43H,17-19,22-26H2,1-6H3,(H,46,47)/t37-/m0/s1. The minimum atomic E-state index is -1.20. The smallest absolute Gasteiger partial charge is 0.337 e. The number of nitrogens with zero attached hydrogens (tertiary/aromatic N) is 3. The van der Waals surface area contributed by atoms with E-state index < -0.39 is 17.7 Å². The molecule has 2 aromatic carbocycles. The van der Waals surface area contributed by atoms with Crippen LogP contribution in [0.3, 0.4) is 0 Å². The van der Waals surface area contributed by atoms with Crippen molar-refractivity contribution in [1.82, 2.24) is 15.3 Å². The van der Waals surface area contributed by atoms with Crippen molar-refractivity contribution in [1.29, 1.82) is 0 Å². The zero-order valence-electron chi connectivity index (χ0n) is 29.6. The van der Waals surface area contributed by atoms with Crippen molar-refractivity contribution in [3.63, 3.8) is 0 Å². The van der Waals surface area contributed by atoms with E-state index in [2.05, 4.69) is 29.0 Å². The van der Waals surface area contributed by atoms with Crippen molar-refractivity contribution in [2.45, 2.75) is 85.6 Å². The van der Waals surface area contributed by atoms with Crippen molar-refractivity contribution in [2.75, 3.05) is 24.6 Å². The molecule has 1 atom stereocenters. The topological polar surface area (TPSA) is 96.8 Å². The number of anilines is 1. The fraction of sp³-hybridized carbons (Fsp3) is 0.425. The highest BCUT2D eigenvalue weighted by Gasteiger charge is 2.37. The fourth-order valence-electron chi connectivity index (χ4n) is 6.24. The summed E-state index contributed by atoms with van der Waals surface area (Å²) >= 11 is 0. The summed E-state index contributed by atoms with van der Waals surface area (Å²) in [6.07, 6.45) is 4.95. The van der Waals surface area contributed by atoms with Gasteiger partial charge in [-0.05, 0) is 99.0 Å². The average molecular weight is 669 g/mol. The lowest BCUT2D eigenvalue weighted by atomic mass is 9.81. The summed E-state index contributed by atoms with van der Waals surface area (Å²) in [5.41, 5.74) is 6.34. The van der Waals surface area contributed by atoms with Gasteiger partial charge in [0.25, 0.3) is 0 Å². The van der Waals surface area contributed by atoms with Gasteiger partial charge in [-0.15, -0.1) is 0 Å². The van der Waals surface area contributed by atoms with Gasteiger partial charge in [0.2, 0.25) is 0 Å². The number of carbonyl (C=O) groups is 1. The Kier molecular flexibility index (Phi) is 11.4. The molecule has 0 unspecified atom stereocenters. The lowest BCUT2D eigenvalue weighted by Gasteiger charge is -2.41. The van der Waals surface area contributed by atoms with E-state index in [1.165, 1.54) is 12.1 Å². The van der Waals surface area contributed by atoms with E-state index in [0.717, 1.165) is 59.6 Å².